The lowest BCUT2D eigenvalue weighted by atomic mass is 10.1. The molecule has 0 aliphatic rings. The molecule has 1 amide bonds. The predicted octanol–water partition coefficient (Wildman–Crippen LogP) is 3.95. The molecule has 0 saturated heterocycles. The highest BCUT2D eigenvalue weighted by Gasteiger charge is 2.18. The second kappa shape index (κ2) is 6.83. The molecule has 1 aromatic carbocycles. The number of halogens is 3. The van der Waals surface area contributed by atoms with Crippen molar-refractivity contribution in [2.24, 2.45) is 0 Å². The third-order valence-corrected chi connectivity index (χ3v) is 2.70. The first kappa shape index (κ1) is 17.3. The quantitative estimate of drug-likeness (QED) is 0.855. The van der Waals surface area contributed by atoms with Gasteiger partial charge in [0.2, 0.25) is 0 Å². The summed E-state index contributed by atoms with van der Waals surface area (Å²) in [4.78, 5) is 11.5. The van der Waals surface area contributed by atoms with Crippen LogP contribution < -0.4 is 5.32 Å². The number of benzene rings is 1. The Kier molecular flexibility index (Phi) is 5.63. The molecule has 0 aliphatic carbocycles. The van der Waals surface area contributed by atoms with Crippen LogP contribution in [-0.2, 0) is 11.2 Å². The predicted molar refractivity (Wildman–Crippen MR) is 73.5 cm³/mol. The molecule has 1 N–H and O–H groups in total. The molecule has 21 heavy (non-hydrogen) atoms. The van der Waals surface area contributed by atoms with Gasteiger partial charge in [-0.05, 0) is 52.2 Å². The van der Waals surface area contributed by atoms with Crippen LogP contribution in [0.2, 0.25) is 0 Å². The number of hydrogen-bond acceptors (Lipinski definition) is 2. The molecule has 0 aliphatic heterocycles. The number of nitrogens with one attached hydrogen (secondary N) is 1. The van der Waals surface area contributed by atoms with Gasteiger partial charge in [-0.3, -0.25) is 0 Å². The van der Waals surface area contributed by atoms with Crippen LogP contribution in [-0.4, -0.2) is 17.7 Å². The minimum atomic E-state index is -1.21. The van der Waals surface area contributed by atoms with Crippen molar-refractivity contribution in [3.63, 3.8) is 0 Å². The Hall–Kier alpha value is -1.72. The molecule has 1 aromatic rings. The average molecular weight is 303 g/mol. The van der Waals surface area contributed by atoms with Crippen LogP contribution in [0.4, 0.5) is 18.0 Å². The summed E-state index contributed by atoms with van der Waals surface area (Å²) in [6.45, 7) is 6.96. The Morgan fingerprint density at radius 3 is 2.33 bits per heavy atom. The van der Waals surface area contributed by atoms with E-state index in [-0.39, 0.29) is 18.0 Å². The summed E-state index contributed by atoms with van der Waals surface area (Å²) < 4.78 is 44.4. The smallest absolute Gasteiger partial charge is 0.407 e. The van der Waals surface area contributed by atoms with Crippen molar-refractivity contribution in [1.82, 2.24) is 5.32 Å². The Morgan fingerprint density at radius 1 is 1.19 bits per heavy atom. The summed E-state index contributed by atoms with van der Waals surface area (Å²) in [5.74, 6) is -3.09. The molecule has 6 heteroatoms. The van der Waals surface area contributed by atoms with Crippen LogP contribution in [0.15, 0.2) is 12.1 Å². The molecule has 0 bridgehead atoms. The maximum atomic E-state index is 13.4. The zero-order valence-electron chi connectivity index (χ0n) is 12.6. The lowest BCUT2D eigenvalue weighted by molar-refractivity contribution is 0.0506. The summed E-state index contributed by atoms with van der Waals surface area (Å²) in [7, 11) is 0. The van der Waals surface area contributed by atoms with Crippen LogP contribution in [0.25, 0.3) is 0 Å². The third kappa shape index (κ3) is 6.06. The van der Waals surface area contributed by atoms with E-state index in [2.05, 4.69) is 5.32 Å². The molecule has 0 saturated carbocycles. The maximum Gasteiger partial charge on any atom is 0.407 e. The molecule has 1 unspecified atom stereocenters. The number of carbonyl (C=O) groups excluding carboxylic acids is 1. The van der Waals surface area contributed by atoms with Gasteiger partial charge < -0.3 is 10.1 Å². The first-order chi connectivity index (χ1) is 9.58. The molecular weight excluding hydrogens is 283 g/mol. The Morgan fingerprint density at radius 2 is 1.76 bits per heavy atom. The van der Waals surface area contributed by atoms with Gasteiger partial charge in [-0.2, -0.15) is 0 Å². The van der Waals surface area contributed by atoms with Gasteiger partial charge >= 0.3 is 6.09 Å². The second-order valence-corrected chi connectivity index (χ2v) is 5.94. The van der Waals surface area contributed by atoms with Crippen LogP contribution in [0.3, 0.4) is 0 Å². The summed E-state index contributed by atoms with van der Waals surface area (Å²) in [6, 6.07) is 1.08. The fourth-order valence-electron chi connectivity index (χ4n) is 1.71. The number of aryl methyl sites for hydroxylation is 1. The molecule has 0 radical (unpaired) electrons. The summed E-state index contributed by atoms with van der Waals surface area (Å²) >= 11 is 0. The lowest BCUT2D eigenvalue weighted by Gasteiger charge is -2.22. The zero-order valence-corrected chi connectivity index (χ0v) is 12.6. The zero-order chi connectivity index (χ0) is 16.2. The molecule has 1 atom stereocenters. The largest absolute Gasteiger partial charge is 0.444 e. The van der Waals surface area contributed by atoms with E-state index in [9.17, 15) is 18.0 Å². The van der Waals surface area contributed by atoms with E-state index in [0.29, 0.717) is 12.5 Å². The molecule has 0 aromatic heterocycles. The average Bonchev–Trinajstić information content (AvgIpc) is 2.29. The van der Waals surface area contributed by atoms with E-state index in [1.165, 1.54) is 0 Å². The second-order valence-electron chi connectivity index (χ2n) is 5.94. The molecule has 3 nitrogen and oxygen atoms in total. The molecular formula is C15H20F3NO2. The van der Waals surface area contributed by atoms with Gasteiger partial charge in [-0.1, -0.05) is 0 Å². The molecule has 118 valence electrons. The van der Waals surface area contributed by atoms with Crippen molar-refractivity contribution in [2.45, 2.75) is 52.2 Å². The third-order valence-electron chi connectivity index (χ3n) is 2.70. The van der Waals surface area contributed by atoms with Crippen molar-refractivity contribution in [3.8, 4) is 0 Å². The number of carbonyl (C=O) groups is 1. The minimum Gasteiger partial charge on any atom is -0.444 e. The highest BCUT2D eigenvalue weighted by Crippen LogP contribution is 2.16. The van der Waals surface area contributed by atoms with Gasteiger partial charge in [0.25, 0.3) is 0 Å². The van der Waals surface area contributed by atoms with Crippen molar-refractivity contribution < 1.29 is 22.7 Å². The van der Waals surface area contributed by atoms with Gasteiger partial charge in [0.05, 0.1) is 0 Å². The minimum absolute atomic E-state index is 0.0757. The molecule has 1 rings (SSSR count). The van der Waals surface area contributed by atoms with Crippen LogP contribution in [0.1, 0.15) is 39.7 Å². The van der Waals surface area contributed by atoms with Crippen molar-refractivity contribution in [3.05, 3.63) is 35.1 Å². The number of ether oxygens (including phenoxy) is 1. The SMILES string of the molecule is CC(CCc1cc(F)c(F)cc1F)NC(=O)OC(C)(C)C. The van der Waals surface area contributed by atoms with Crippen molar-refractivity contribution >= 4 is 6.09 Å². The first-order valence-electron chi connectivity index (χ1n) is 6.71. The number of amides is 1. The monoisotopic (exact) mass is 303 g/mol. The highest BCUT2D eigenvalue weighted by molar-refractivity contribution is 5.68. The maximum absolute atomic E-state index is 13.4. The van der Waals surface area contributed by atoms with E-state index < -0.39 is 29.1 Å². The van der Waals surface area contributed by atoms with Crippen molar-refractivity contribution in [2.75, 3.05) is 0 Å². The summed E-state index contributed by atoms with van der Waals surface area (Å²) in [5.41, 5.74) is -0.526. The first-order valence-corrected chi connectivity index (χ1v) is 6.71. The van der Waals surface area contributed by atoms with Gasteiger partial charge in [0, 0.05) is 12.1 Å². The summed E-state index contributed by atoms with van der Waals surface area (Å²) in [6.07, 6.45) is -0.0120. The fourth-order valence-corrected chi connectivity index (χ4v) is 1.71. The number of hydrogen-bond donors (Lipinski definition) is 1. The van der Waals surface area contributed by atoms with Gasteiger partial charge in [0.15, 0.2) is 11.6 Å². The number of alkyl carbamates (subject to hydrolysis) is 1. The van der Waals surface area contributed by atoms with E-state index in [4.69, 9.17) is 4.74 Å². The summed E-state index contributed by atoms with van der Waals surface area (Å²) in [5, 5.41) is 2.60. The van der Waals surface area contributed by atoms with E-state index in [1.54, 1.807) is 27.7 Å². The number of rotatable bonds is 4. The van der Waals surface area contributed by atoms with E-state index in [1.807, 2.05) is 0 Å². The normalized spacial score (nSPS) is 12.9. The standard InChI is InChI=1S/C15H20F3NO2/c1-9(19-14(20)21-15(2,3)4)5-6-10-7-12(17)13(18)8-11(10)16/h7-9H,5-6H2,1-4H3,(H,19,20). The van der Waals surface area contributed by atoms with Crippen molar-refractivity contribution in [1.29, 1.82) is 0 Å². The van der Waals surface area contributed by atoms with Gasteiger partial charge in [-0.25, -0.2) is 18.0 Å². The Bertz CT molecular complexity index is 512. The Balaban J connectivity index is 2.52. The molecule has 0 fully saturated rings. The van der Waals surface area contributed by atoms with Gasteiger partial charge in [0.1, 0.15) is 11.4 Å². The van der Waals surface area contributed by atoms with E-state index in [0.717, 1.165) is 6.07 Å². The van der Waals surface area contributed by atoms with Crippen LogP contribution in [0.5, 0.6) is 0 Å². The topological polar surface area (TPSA) is 38.3 Å². The van der Waals surface area contributed by atoms with E-state index >= 15 is 0 Å². The Labute approximate surface area is 122 Å². The highest BCUT2D eigenvalue weighted by atomic mass is 19.2. The fraction of sp³-hybridized carbons (Fsp3) is 0.533. The molecule has 0 heterocycles. The lowest BCUT2D eigenvalue weighted by Crippen LogP contribution is -2.37. The molecule has 0 spiro atoms. The van der Waals surface area contributed by atoms with Crippen LogP contribution in [0, 0.1) is 17.5 Å². The van der Waals surface area contributed by atoms with Crippen LogP contribution >= 0.6 is 0 Å². The van der Waals surface area contributed by atoms with Gasteiger partial charge in [-0.15, -0.1) is 0 Å².